The van der Waals surface area contributed by atoms with Gasteiger partial charge in [0.1, 0.15) is 0 Å². The van der Waals surface area contributed by atoms with Gasteiger partial charge >= 0.3 is 5.97 Å². The van der Waals surface area contributed by atoms with Gasteiger partial charge in [0.2, 0.25) is 5.91 Å². The van der Waals surface area contributed by atoms with Crippen LogP contribution in [0.2, 0.25) is 0 Å². The van der Waals surface area contributed by atoms with Crippen LogP contribution in [0.3, 0.4) is 0 Å². The molecule has 0 aromatic carbocycles. The molecule has 1 aliphatic carbocycles. The van der Waals surface area contributed by atoms with Crippen molar-refractivity contribution in [2.75, 3.05) is 6.54 Å². The van der Waals surface area contributed by atoms with E-state index in [9.17, 15) is 14.7 Å². The third-order valence-electron chi connectivity index (χ3n) is 5.64. The summed E-state index contributed by atoms with van der Waals surface area (Å²) in [5.74, 6) is -0.577. The summed E-state index contributed by atoms with van der Waals surface area (Å²) < 4.78 is 0. The van der Waals surface area contributed by atoms with Crippen LogP contribution >= 0.6 is 0 Å². The standard InChI is InChI=1S/C15H24N2O3/c16-8-9-3-1-2-4-11(9)14(18)17-10-5-6-13(17)12(7-10)15(19)20/h9-13H,1-8,16H2,(H,19,20). The van der Waals surface area contributed by atoms with Gasteiger partial charge in [-0.3, -0.25) is 9.59 Å². The number of aliphatic carboxylic acids is 1. The van der Waals surface area contributed by atoms with Gasteiger partial charge in [0.25, 0.3) is 0 Å². The first-order valence-corrected chi connectivity index (χ1v) is 7.88. The Morgan fingerprint density at radius 2 is 1.85 bits per heavy atom. The number of fused-ring (bicyclic) bond motifs is 2. The third kappa shape index (κ3) is 2.12. The number of amides is 1. The van der Waals surface area contributed by atoms with Crippen LogP contribution in [0.15, 0.2) is 0 Å². The zero-order valence-electron chi connectivity index (χ0n) is 11.8. The van der Waals surface area contributed by atoms with Crippen molar-refractivity contribution in [1.82, 2.24) is 4.90 Å². The quantitative estimate of drug-likeness (QED) is 0.814. The summed E-state index contributed by atoms with van der Waals surface area (Å²) in [5, 5.41) is 9.29. The zero-order valence-corrected chi connectivity index (χ0v) is 11.8. The van der Waals surface area contributed by atoms with Crippen molar-refractivity contribution in [2.45, 2.75) is 57.0 Å². The van der Waals surface area contributed by atoms with Crippen LogP contribution in [0.25, 0.3) is 0 Å². The molecule has 3 N–H and O–H groups in total. The van der Waals surface area contributed by atoms with E-state index in [1.54, 1.807) is 0 Å². The second kappa shape index (κ2) is 5.35. The maximum Gasteiger partial charge on any atom is 0.308 e. The minimum absolute atomic E-state index is 0.0318. The van der Waals surface area contributed by atoms with Gasteiger partial charge in [-0.15, -0.1) is 0 Å². The second-order valence-corrected chi connectivity index (χ2v) is 6.61. The normalized spacial score (nSPS) is 40.0. The molecule has 20 heavy (non-hydrogen) atoms. The number of hydrogen-bond donors (Lipinski definition) is 2. The molecule has 5 heteroatoms. The van der Waals surface area contributed by atoms with Crippen molar-refractivity contribution in [3.8, 4) is 0 Å². The fourth-order valence-electron chi connectivity index (χ4n) is 4.60. The molecular weight excluding hydrogens is 256 g/mol. The highest BCUT2D eigenvalue weighted by molar-refractivity contribution is 5.82. The molecule has 5 nitrogen and oxygen atoms in total. The van der Waals surface area contributed by atoms with Crippen LogP contribution < -0.4 is 5.73 Å². The fourth-order valence-corrected chi connectivity index (χ4v) is 4.60. The molecule has 1 saturated carbocycles. The number of nitrogens with two attached hydrogens (primary N) is 1. The molecular formula is C15H24N2O3. The van der Waals surface area contributed by atoms with Gasteiger partial charge in [-0.25, -0.2) is 0 Å². The molecule has 0 aromatic heterocycles. The summed E-state index contributed by atoms with van der Waals surface area (Å²) in [6.07, 6.45) is 6.70. The van der Waals surface area contributed by atoms with E-state index in [1.165, 1.54) is 0 Å². The minimum atomic E-state index is -0.742. The Kier molecular flexibility index (Phi) is 3.71. The smallest absolute Gasteiger partial charge is 0.308 e. The van der Waals surface area contributed by atoms with Crippen molar-refractivity contribution in [1.29, 1.82) is 0 Å². The fraction of sp³-hybridized carbons (Fsp3) is 0.867. The van der Waals surface area contributed by atoms with Crippen molar-refractivity contribution in [2.24, 2.45) is 23.5 Å². The van der Waals surface area contributed by atoms with E-state index in [2.05, 4.69) is 0 Å². The minimum Gasteiger partial charge on any atom is -0.481 e. The van der Waals surface area contributed by atoms with Gasteiger partial charge in [0, 0.05) is 18.0 Å². The first-order chi connectivity index (χ1) is 9.63. The molecule has 2 bridgehead atoms. The maximum atomic E-state index is 12.9. The van der Waals surface area contributed by atoms with E-state index in [0.717, 1.165) is 38.5 Å². The van der Waals surface area contributed by atoms with Crippen molar-refractivity contribution in [3.63, 3.8) is 0 Å². The van der Waals surface area contributed by atoms with E-state index < -0.39 is 5.97 Å². The largest absolute Gasteiger partial charge is 0.481 e. The third-order valence-corrected chi connectivity index (χ3v) is 5.64. The lowest BCUT2D eigenvalue weighted by Crippen LogP contribution is -2.45. The van der Waals surface area contributed by atoms with Gasteiger partial charge in [-0.1, -0.05) is 12.8 Å². The number of hydrogen-bond acceptors (Lipinski definition) is 3. The van der Waals surface area contributed by atoms with Gasteiger partial charge < -0.3 is 15.7 Å². The molecule has 5 unspecified atom stereocenters. The van der Waals surface area contributed by atoms with Crippen LogP contribution in [-0.4, -0.2) is 40.5 Å². The molecule has 2 aliphatic heterocycles. The number of carbonyl (C=O) groups excluding carboxylic acids is 1. The van der Waals surface area contributed by atoms with Gasteiger partial charge in [0.05, 0.1) is 5.92 Å². The average molecular weight is 280 g/mol. The predicted octanol–water partition coefficient (Wildman–Crippen LogP) is 1.22. The Hall–Kier alpha value is -1.10. The highest BCUT2D eigenvalue weighted by Gasteiger charge is 2.52. The number of rotatable bonds is 3. The molecule has 3 aliphatic rings. The summed E-state index contributed by atoms with van der Waals surface area (Å²) in [6.45, 7) is 0.571. The Morgan fingerprint density at radius 3 is 2.50 bits per heavy atom. The van der Waals surface area contributed by atoms with Crippen LogP contribution in [0.5, 0.6) is 0 Å². The van der Waals surface area contributed by atoms with E-state index in [4.69, 9.17) is 5.73 Å². The summed E-state index contributed by atoms with van der Waals surface area (Å²) in [4.78, 5) is 26.1. The lowest BCUT2D eigenvalue weighted by Gasteiger charge is -2.34. The van der Waals surface area contributed by atoms with Gasteiger partial charge in [0.15, 0.2) is 0 Å². The molecule has 3 fully saturated rings. The second-order valence-electron chi connectivity index (χ2n) is 6.61. The van der Waals surface area contributed by atoms with E-state index in [0.29, 0.717) is 18.9 Å². The van der Waals surface area contributed by atoms with Crippen LogP contribution in [0.4, 0.5) is 0 Å². The molecule has 3 rings (SSSR count). The predicted molar refractivity (Wildman–Crippen MR) is 73.9 cm³/mol. The van der Waals surface area contributed by atoms with Gasteiger partial charge in [-0.2, -0.15) is 0 Å². The van der Waals surface area contributed by atoms with Crippen LogP contribution in [0.1, 0.15) is 44.9 Å². The molecule has 0 radical (unpaired) electrons. The summed E-state index contributed by atoms with van der Waals surface area (Å²) in [5.41, 5.74) is 5.83. The summed E-state index contributed by atoms with van der Waals surface area (Å²) in [7, 11) is 0. The van der Waals surface area contributed by atoms with Crippen LogP contribution in [0, 0.1) is 17.8 Å². The number of carboxylic acids is 1. The Morgan fingerprint density at radius 1 is 1.10 bits per heavy atom. The van der Waals surface area contributed by atoms with E-state index in [1.807, 2.05) is 4.90 Å². The van der Waals surface area contributed by atoms with Gasteiger partial charge in [-0.05, 0) is 44.6 Å². The zero-order chi connectivity index (χ0) is 14.3. The Labute approximate surface area is 119 Å². The average Bonchev–Trinajstić information content (AvgIpc) is 3.04. The van der Waals surface area contributed by atoms with Crippen molar-refractivity contribution >= 4 is 11.9 Å². The van der Waals surface area contributed by atoms with E-state index in [-0.39, 0.29) is 29.8 Å². The summed E-state index contributed by atoms with van der Waals surface area (Å²) in [6, 6.07) is 0.0966. The first kappa shape index (κ1) is 13.9. The SMILES string of the molecule is NCC1CCCCC1C(=O)N1C2CCC1C(C(=O)O)C2. The molecule has 2 heterocycles. The van der Waals surface area contributed by atoms with E-state index >= 15 is 0 Å². The van der Waals surface area contributed by atoms with Crippen molar-refractivity contribution < 1.29 is 14.7 Å². The molecule has 2 saturated heterocycles. The Balaban J connectivity index is 1.76. The Bertz CT molecular complexity index is 412. The molecule has 5 atom stereocenters. The lowest BCUT2D eigenvalue weighted by atomic mass is 9.78. The number of nitrogens with zero attached hydrogens (tertiary/aromatic N) is 1. The maximum absolute atomic E-state index is 12.9. The molecule has 112 valence electrons. The molecule has 0 aromatic rings. The van der Waals surface area contributed by atoms with Crippen LogP contribution in [-0.2, 0) is 9.59 Å². The number of carbonyl (C=O) groups is 2. The summed E-state index contributed by atoms with van der Waals surface area (Å²) >= 11 is 0. The lowest BCUT2D eigenvalue weighted by molar-refractivity contribution is -0.144. The highest BCUT2D eigenvalue weighted by Crippen LogP contribution is 2.44. The number of carboxylic acid groups (broad SMARTS) is 1. The molecule has 0 spiro atoms. The first-order valence-electron chi connectivity index (χ1n) is 7.88. The van der Waals surface area contributed by atoms with Crippen molar-refractivity contribution in [3.05, 3.63) is 0 Å². The topological polar surface area (TPSA) is 83.6 Å². The molecule has 1 amide bonds. The highest BCUT2D eigenvalue weighted by atomic mass is 16.4. The monoisotopic (exact) mass is 280 g/mol.